The molecule has 1 amide bonds. The lowest BCUT2D eigenvalue weighted by Crippen LogP contribution is -2.38. The molecule has 170 valence electrons. The zero-order valence-electron chi connectivity index (χ0n) is 17.4. The molecule has 32 heavy (non-hydrogen) atoms. The first-order valence-corrected chi connectivity index (χ1v) is 10.4. The number of anilines is 1. The second-order valence-corrected chi connectivity index (χ2v) is 7.81. The molecule has 0 aliphatic carbocycles. The molecule has 1 aliphatic heterocycles. The fourth-order valence-electron chi connectivity index (χ4n) is 3.55. The minimum atomic E-state index is -4.80. The minimum Gasteiger partial charge on any atom is -0.383 e. The van der Waals surface area contributed by atoms with E-state index in [4.69, 9.17) is 21.7 Å². The third-order valence-electron chi connectivity index (χ3n) is 5.18. The second kappa shape index (κ2) is 10.2. The number of amides is 1. The van der Waals surface area contributed by atoms with Crippen molar-refractivity contribution in [1.82, 2.24) is 4.90 Å². The van der Waals surface area contributed by atoms with E-state index in [1.807, 2.05) is 0 Å². The summed E-state index contributed by atoms with van der Waals surface area (Å²) in [5.74, 6) is -0.149. The monoisotopic (exact) mass is 465 g/mol. The molecule has 5 nitrogen and oxygen atoms in total. The van der Waals surface area contributed by atoms with Gasteiger partial charge in [0, 0.05) is 24.9 Å². The van der Waals surface area contributed by atoms with Gasteiger partial charge in [0.1, 0.15) is 5.71 Å². The summed E-state index contributed by atoms with van der Waals surface area (Å²) in [4.78, 5) is 14.7. The standard InChI is InChI=1S/C23H23ClF3N3O2/c1-32-14-17-5-4-12-30(17)22(31)16-10-8-15(9-11-16)20(13-21(28)23(25,26)27)29-19-7-3-2-6-18(19)24/h2-3,6-11,13,17,28-29H,4-5,12,14H2,1H3/b20-13-,28-21?. The highest BCUT2D eigenvalue weighted by Gasteiger charge is 2.33. The summed E-state index contributed by atoms with van der Waals surface area (Å²) in [5.41, 5.74) is -0.260. The summed E-state index contributed by atoms with van der Waals surface area (Å²) in [7, 11) is 1.59. The molecule has 1 saturated heterocycles. The number of halogens is 4. The van der Waals surface area contributed by atoms with Crippen molar-refractivity contribution in [2.75, 3.05) is 25.6 Å². The highest BCUT2D eigenvalue weighted by atomic mass is 35.5. The van der Waals surface area contributed by atoms with Crippen LogP contribution in [0, 0.1) is 5.41 Å². The van der Waals surface area contributed by atoms with E-state index in [-0.39, 0.29) is 17.6 Å². The third kappa shape index (κ3) is 5.69. The predicted octanol–water partition coefficient (Wildman–Crippen LogP) is 5.63. The summed E-state index contributed by atoms with van der Waals surface area (Å²) < 4.78 is 44.2. The van der Waals surface area contributed by atoms with Crippen molar-refractivity contribution in [2.24, 2.45) is 0 Å². The number of carbonyl (C=O) groups is 1. The first kappa shape index (κ1) is 23.8. The van der Waals surface area contributed by atoms with Gasteiger partial charge in [-0.05, 0) is 48.7 Å². The van der Waals surface area contributed by atoms with E-state index >= 15 is 0 Å². The summed E-state index contributed by atoms with van der Waals surface area (Å²) in [5, 5.41) is 10.6. The van der Waals surface area contributed by atoms with E-state index in [0.717, 1.165) is 12.8 Å². The number of hydrogen-bond donors (Lipinski definition) is 2. The van der Waals surface area contributed by atoms with Gasteiger partial charge in [0.2, 0.25) is 0 Å². The van der Waals surface area contributed by atoms with Crippen LogP contribution in [-0.2, 0) is 4.74 Å². The number of rotatable bonds is 7. The average Bonchev–Trinajstić information content (AvgIpc) is 3.22. The van der Waals surface area contributed by atoms with Gasteiger partial charge in [0.15, 0.2) is 0 Å². The second-order valence-electron chi connectivity index (χ2n) is 7.40. The van der Waals surface area contributed by atoms with Crippen LogP contribution in [-0.4, -0.2) is 49.0 Å². The average molecular weight is 466 g/mol. The Morgan fingerprint density at radius 3 is 2.50 bits per heavy atom. The first-order valence-electron chi connectivity index (χ1n) is 10.00. The lowest BCUT2D eigenvalue weighted by Gasteiger charge is -2.24. The SMILES string of the molecule is COCC1CCCN1C(=O)c1ccc(/C(=C/C(=N)C(F)(F)F)Nc2ccccc2Cl)cc1. The minimum absolute atomic E-state index is 0.0109. The number of methoxy groups -OCH3 is 1. The molecule has 1 heterocycles. The topological polar surface area (TPSA) is 65.4 Å². The van der Waals surface area contributed by atoms with E-state index < -0.39 is 11.9 Å². The molecule has 0 spiro atoms. The fourth-order valence-corrected chi connectivity index (χ4v) is 3.74. The van der Waals surface area contributed by atoms with Crippen LogP contribution in [0.25, 0.3) is 5.70 Å². The normalized spacial score (nSPS) is 16.8. The largest absolute Gasteiger partial charge is 0.432 e. The maximum atomic E-state index is 13.0. The van der Waals surface area contributed by atoms with Crippen molar-refractivity contribution in [1.29, 1.82) is 5.41 Å². The van der Waals surface area contributed by atoms with Gasteiger partial charge in [-0.3, -0.25) is 10.2 Å². The van der Waals surface area contributed by atoms with Crippen LogP contribution >= 0.6 is 11.6 Å². The van der Waals surface area contributed by atoms with E-state index in [0.29, 0.717) is 41.1 Å². The Bertz CT molecular complexity index is 1010. The first-order chi connectivity index (χ1) is 15.2. The Morgan fingerprint density at radius 2 is 1.88 bits per heavy atom. The number of nitrogens with one attached hydrogen (secondary N) is 2. The molecule has 0 bridgehead atoms. The van der Waals surface area contributed by atoms with Crippen molar-refractivity contribution in [3.05, 3.63) is 70.8 Å². The lowest BCUT2D eigenvalue weighted by atomic mass is 10.1. The van der Waals surface area contributed by atoms with Gasteiger partial charge >= 0.3 is 6.18 Å². The lowest BCUT2D eigenvalue weighted by molar-refractivity contribution is -0.0583. The zero-order chi connectivity index (χ0) is 23.3. The Hall–Kier alpha value is -2.84. The third-order valence-corrected chi connectivity index (χ3v) is 5.51. The van der Waals surface area contributed by atoms with Gasteiger partial charge in [-0.15, -0.1) is 0 Å². The Balaban J connectivity index is 1.88. The Labute approximate surface area is 189 Å². The molecule has 2 aromatic rings. The van der Waals surface area contributed by atoms with Gasteiger partial charge in [-0.25, -0.2) is 0 Å². The van der Waals surface area contributed by atoms with Crippen LogP contribution < -0.4 is 5.32 Å². The van der Waals surface area contributed by atoms with Crippen LogP contribution in [0.2, 0.25) is 5.02 Å². The maximum Gasteiger partial charge on any atom is 0.432 e. The number of nitrogens with zero attached hydrogens (tertiary/aromatic N) is 1. The fraction of sp³-hybridized carbons (Fsp3) is 0.304. The number of para-hydroxylation sites is 1. The van der Waals surface area contributed by atoms with Crippen LogP contribution in [0.1, 0.15) is 28.8 Å². The van der Waals surface area contributed by atoms with Gasteiger partial charge in [-0.1, -0.05) is 35.9 Å². The van der Waals surface area contributed by atoms with Gasteiger partial charge in [0.05, 0.1) is 23.4 Å². The van der Waals surface area contributed by atoms with Crippen LogP contribution in [0.15, 0.2) is 54.6 Å². The number of allylic oxidation sites excluding steroid dienone is 1. The van der Waals surface area contributed by atoms with Crippen molar-refractivity contribution in [2.45, 2.75) is 25.1 Å². The summed E-state index contributed by atoms with van der Waals surface area (Å²) in [6, 6.07) is 12.9. The van der Waals surface area contributed by atoms with Crippen LogP contribution in [0.4, 0.5) is 18.9 Å². The number of benzene rings is 2. The molecule has 1 aliphatic rings. The molecule has 1 atom stereocenters. The molecule has 2 aromatic carbocycles. The van der Waals surface area contributed by atoms with Crippen LogP contribution in [0.5, 0.6) is 0 Å². The molecule has 2 N–H and O–H groups in total. The van der Waals surface area contributed by atoms with E-state index in [1.54, 1.807) is 60.5 Å². The van der Waals surface area contributed by atoms with E-state index in [2.05, 4.69) is 5.32 Å². The van der Waals surface area contributed by atoms with Crippen molar-refractivity contribution < 1.29 is 22.7 Å². The predicted molar refractivity (Wildman–Crippen MR) is 119 cm³/mol. The molecule has 0 saturated carbocycles. The quantitative estimate of drug-likeness (QED) is 0.521. The van der Waals surface area contributed by atoms with Gasteiger partial charge in [0.25, 0.3) is 5.91 Å². The number of ether oxygens (including phenoxy) is 1. The molecule has 9 heteroatoms. The van der Waals surface area contributed by atoms with Gasteiger partial charge < -0.3 is 15.0 Å². The Morgan fingerprint density at radius 1 is 1.22 bits per heavy atom. The van der Waals surface area contributed by atoms with Crippen molar-refractivity contribution >= 4 is 34.6 Å². The molecule has 1 fully saturated rings. The summed E-state index contributed by atoms with van der Waals surface area (Å²) in [6.07, 6.45) is -2.33. The molecule has 3 rings (SSSR count). The number of carbonyl (C=O) groups excluding carboxylic acids is 1. The highest BCUT2D eigenvalue weighted by Crippen LogP contribution is 2.28. The summed E-state index contributed by atoms with van der Waals surface area (Å²) >= 11 is 6.14. The highest BCUT2D eigenvalue weighted by molar-refractivity contribution is 6.33. The van der Waals surface area contributed by atoms with E-state index in [1.165, 1.54) is 0 Å². The molecule has 0 radical (unpaired) electrons. The molecular formula is C23H23ClF3N3O2. The smallest absolute Gasteiger partial charge is 0.383 e. The number of alkyl halides is 3. The van der Waals surface area contributed by atoms with Gasteiger partial charge in [-0.2, -0.15) is 13.2 Å². The van der Waals surface area contributed by atoms with Crippen LogP contribution in [0.3, 0.4) is 0 Å². The van der Waals surface area contributed by atoms with Crippen molar-refractivity contribution in [3.8, 4) is 0 Å². The zero-order valence-corrected chi connectivity index (χ0v) is 18.1. The van der Waals surface area contributed by atoms with Crippen molar-refractivity contribution in [3.63, 3.8) is 0 Å². The van der Waals surface area contributed by atoms with E-state index in [9.17, 15) is 18.0 Å². The summed E-state index contributed by atoms with van der Waals surface area (Å²) in [6.45, 7) is 1.09. The number of likely N-dealkylation sites (tertiary alicyclic amines) is 1. The molecular weight excluding hydrogens is 443 g/mol. The Kier molecular flexibility index (Phi) is 7.58. The molecule has 1 unspecified atom stereocenters. The molecule has 0 aromatic heterocycles. The maximum absolute atomic E-state index is 13.0. The number of hydrogen-bond acceptors (Lipinski definition) is 4.